The molecule has 5 amide bonds. The number of rotatable bonds is 10. The Bertz CT molecular complexity index is 2230. The number of halogens is 1. The van der Waals surface area contributed by atoms with Crippen LogP contribution in [0, 0.1) is 5.92 Å². The number of carbonyl (C=O) groups is 5. The zero-order valence-corrected chi connectivity index (χ0v) is 29.4. The van der Waals surface area contributed by atoms with Gasteiger partial charge >= 0.3 is 23.8 Å². The van der Waals surface area contributed by atoms with Gasteiger partial charge in [-0.2, -0.15) is 4.68 Å². The summed E-state index contributed by atoms with van der Waals surface area (Å²) in [6.07, 6.45) is 3.03. The lowest BCUT2D eigenvalue weighted by molar-refractivity contribution is -0.149. The highest BCUT2D eigenvalue weighted by atomic mass is 35.5. The molecular weight excluding hydrogens is 720 g/mol. The molecule has 0 saturated carbocycles. The highest BCUT2D eigenvalue weighted by Crippen LogP contribution is 2.30. The molecule has 0 radical (unpaired) electrons. The maximum atomic E-state index is 14.1. The number of anilines is 3. The number of hydrogen-bond acceptors (Lipinski definition) is 9. The number of aliphatic hydroxyl groups is 1. The number of benzene rings is 3. The van der Waals surface area contributed by atoms with E-state index in [0.717, 1.165) is 12.8 Å². The Hall–Kier alpha value is -6.33. The van der Waals surface area contributed by atoms with Gasteiger partial charge in [-0.1, -0.05) is 23.7 Å². The fraction of sp³-hybridized carbons (Fsp3) is 0.278. The van der Waals surface area contributed by atoms with Crippen LogP contribution in [0.4, 0.5) is 21.9 Å². The molecular formula is C36H35ClN10O7. The number of likely N-dealkylation sites (tertiary alicyclic amines) is 1. The highest BCUT2D eigenvalue weighted by molar-refractivity contribution is 6.41. The SMILES string of the molecule is O=C(O)c1cc2cc(NC(=O)[C@H](Cc3ccc(NC(=O)N4CCCC(CO)C4)cc3)N3CCN(c4cc(Cl)ccc4-n4cnnn4)C(=O)C3=O)ccc2[nH]1. The van der Waals surface area contributed by atoms with Gasteiger partial charge < -0.3 is 40.5 Å². The number of fused-ring (bicyclic) bond motifs is 1. The molecule has 1 unspecified atom stereocenters. The molecule has 2 aliphatic heterocycles. The average molecular weight is 755 g/mol. The highest BCUT2D eigenvalue weighted by Gasteiger charge is 2.40. The monoisotopic (exact) mass is 754 g/mol. The molecule has 4 heterocycles. The normalized spacial score (nSPS) is 16.8. The number of hydrogen-bond donors (Lipinski definition) is 5. The Morgan fingerprint density at radius 3 is 2.46 bits per heavy atom. The summed E-state index contributed by atoms with van der Waals surface area (Å²) in [6.45, 7) is 1.08. The standard InChI is InChI=1S/C36H35ClN10O7/c37-24-5-10-29(47-20-38-42-43-47)30(17-24)45-12-13-46(34(51)33(45)50)31(32(49)39-26-8-9-27-23(15-26)16-28(41-27)35(52)53)14-21-3-6-25(7-4-21)40-36(54)44-11-1-2-22(18-44)19-48/h3-10,15-17,20,22,31,41,48H,1-2,11-14,18-19H2,(H,39,49)(H,40,54)(H,52,53)/t22?,31-/m0/s1. The van der Waals surface area contributed by atoms with Crippen molar-refractivity contribution in [3.63, 3.8) is 0 Å². The van der Waals surface area contributed by atoms with Gasteiger partial charge in [-0.3, -0.25) is 14.4 Å². The Labute approximate surface area is 312 Å². The van der Waals surface area contributed by atoms with Crippen molar-refractivity contribution in [3.05, 3.63) is 89.3 Å². The molecule has 2 aromatic heterocycles. The first-order chi connectivity index (χ1) is 26.1. The summed E-state index contributed by atoms with van der Waals surface area (Å²) in [5.41, 5.74) is 2.80. The Morgan fingerprint density at radius 2 is 1.72 bits per heavy atom. The van der Waals surface area contributed by atoms with Gasteiger partial charge in [0.25, 0.3) is 0 Å². The third-order valence-electron chi connectivity index (χ3n) is 9.57. The van der Waals surface area contributed by atoms with E-state index in [1.54, 1.807) is 59.5 Å². The predicted octanol–water partition coefficient (Wildman–Crippen LogP) is 3.16. The van der Waals surface area contributed by atoms with Crippen LogP contribution < -0.4 is 15.5 Å². The van der Waals surface area contributed by atoms with E-state index in [-0.39, 0.29) is 43.8 Å². The van der Waals surface area contributed by atoms with Crippen LogP contribution in [0.3, 0.4) is 0 Å². The van der Waals surface area contributed by atoms with Gasteiger partial charge in [0.05, 0.1) is 11.4 Å². The van der Waals surface area contributed by atoms with Crippen LogP contribution in [-0.2, 0) is 20.8 Å². The van der Waals surface area contributed by atoms with Gasteiger partial charge in [0.15, 0.2) is 0 Å². The molecule has 278 valence electrons. The maximum Gasteiger partial charge on any atom is 0.352 e. The van der Waals surface area contributed by atoms with Gasteiger partial charge in [0.2, 0.25) is 5.91 Å². The van der Waals surface area contributed by atoms with Crippen LogP contribution in [0.2, 0.25) is 5.02 Å². The molecule has 2 fully saturated rings. The number of piperidine rings is 1. The second kappa shape index (κ2) is 15.3. The summed E-state index contributed by atoms with van der Waals surface area (Å²) in [7, 11) is 0. The van der Waals surface area contributed by atoms with Crippen molar-refractivity contribution >= 4 is 69.3 Å². The number of tetrazole rings is 1. The number of carbonyl (C=O) groups excluding carboxylic acids is 4. The molecule has 0 aliphatic carbocycles. The van der Waals surface area contributed by atoms with E-state index in [1.807, 2.05) is 0 Å². The lowest BCUT2D eigenvalue weighted by Gasteiger charge is -2.38. The van der Waals surface area contributed by atoms with Crippen LogP contribution >= 0.6 is 11.6 Å². The number of urea groups is 1. The quantitative estimate of drug-likeness (QED) is 0.131. The topological polar surface area (TPSA) is 219 Å². The Kier molecular flexibility index (Phi) is 10.2. The molecule has 2 atom stereocenters. The van der Waals surface area contributed by atoms with Crippen molar-refractivity contribution in [3.8, 4) is 5.69 Å². The van der Waals surface area contributed by atoms with E-state index in [9.17, 15) is 34.2 Å². The molecule has 3 aromatic carbocycles. The van der Waals surface area contributed by atoms with Crippen LogP contribution in [0.5, 0.6) is 0 Å². The van der Waals surface area contributed by atoms with E-state index >= 15 is 0 Å². The summed E-state index contributed by atoms with van der Waals surface area (Å²) >= 11 is 6.30. The zero-order valence-electron chi connectivity index (χ0n) is 28.7. The number of aromatic nitrogens is 5. The van der Waals surface area contributed by atoms with E-state index in [1.165, 1.54) is 32.9 Å². The first kappa shape index (κ1) is 36.0. The van der Waals surface area contributed by atoms with Gasteiger partial charge in [-0.05, 0) is 89.3 Å². The molecule has 7 rings (SSSR count). The third-order valence-corrected chi connectivity index (χ3v) is 9.81. The molecule has 2 saturated heterocycles. The first-order valence-corrected chi connectivity index (χ1v) is 17.5. The Balaban J connectivity index is 1.13. The van der Waals surface area contributed by atoms with Crippen LogP contribution in [0.1, 0.15) is 28.9 Å². The van der Waals surface area contributed by atoms with Gasteiger partial charge in [0, 0.05) is 66.5 Å². The summed E-state index contributed by atoms with van der Waals surface area (Å²) in [4.78, 5) is 73.3. The molecule has 5 aromatic rings. The molecule has 5 N–H and O–H groups in total. The van der Waals surface area contributed by atoms with E-state index in [4.69, 9.17) is 11.6 Å². The minimum atomic E-state index is -1.15. The summed E-state index contributed by atoms with van der Waals surface area (Å²) < 4.78 is 1.34. The van der Waals surface area contributed by atoms with Gasteiger partial charge in [-0.15, -0.1) is 5.10 Å². The smallest absolute Gasteiger partial charge is 0.352 e. The van der Waals surface area contributed by atoms with Crippen LogP contribution in [0.15, 0.2) is 73.1 Å². The number of aromatic amines is 1. The molecule has 54 heavy (non-hydrogen) atoms. The van der Waals surface area contributed by atoms with E-state index < -0.39 is 29.7 Å². The second-order valence-corrected chi connectivity index (χ2v) is 13.5. The van der Waals surface area contributed by atoms with Crippen LogP contribution in [0.25, 0.3) is 16.6 Å². The number of piperazine rings is 1. The van der Waals surface area contributed by atoms with Crippen molar-refractivity contribution in [2.75, 3.05) is 48.3 Å². The lowest BCUT2D eigenvalue weighted by atomic mass is 9.99. The average Bonchev–Trinajstić information content (AvgIpc) is 3.87. The molecule has 0 spiro atoms. The van der Waals surface area contributed by atoms with Crippen molar-refractivity contribution in [2.45, 2.75) is 25.3 Å². The number of aromatic carboxylic acids is 1. The predicted molar refractivity (Wildman–Crippen MR) is 196 cm³/mol. The number of carboxylic acids is 1. The fourth-order valence-corrected chi connectivity index (χ4v) is 6.96. The summed E-state index contributed by atoms with van der Waals surface area (Å²) in [5.74, 6) is -3.46. The number of nitrogens with one attached hydrogen (secondary N) is 3. The lowest BCUT2D eigenvalue weighted by Crippen LogP contribution is -2.60. The molecule has 2 aliphatic rings. The van der Waals surface area contributed by atoms with Gasteiger partial charge in [-0.25, -0.2) is 9.59 Å². The first-order valence-electron chi connectivity index (χ1n) is 17.2. The minimum Gasteiger partial charge on any atom is -0.477 e. The van der Waals surface area contributed by atoms with Crippen molar-refractivity contribution in [1.29, 1.82) is 0 Å². The zero-order chi connectivity index (χ0) is 37.9. The number of nitrogens with zero attached hydrogens (tertiary/aromatic N) is 7. The van der Waals surface area contributed by atoms with Crippen molar-refractivity contribution in [2.24, 2.45) is 5.92 Å². The van der Waals surface area contributed by atoms with Crippen LogP contribution in [-0.4, -0.2) is 114 Å². The third kappa shape index (κ3) is 7.58. The van der Waals surface area contributed by atoms with Crippen molar-refractivity contribution < 1.29 is 34.2 Å². The molecule has 0 bridgehead atoms. The number of H-pyrrole nitrogens is 1. The van der Waals surface area contributed by atoms with E-state index in [2.05, 4.69) is 31.1 Å². The fourth-order valence-electron chi connectivity index (χ4n) is 6.80. The number of aliphatic hydroxyl groups excluding tert-OH is 1. The number of amides is 5. The van der Waals surface area contributed by atoms with E-state index in [0.29, 0.717) is 57.3 Å². The maximum absolute atomic E-state index is 14.1. The van der Waals surface area contributed by atoms with Gasteiger partial charge in [0.1, 0.15) is 18.1 Å². The van der Waals surface area contributed by atoms with Crippen molar-refractivity contribution in [1.82, 2.24) is 35.0 Å². The minimum absolute atomic E-state index is 0.0121. The summed E-state index contributed by atoms with van der Waals surface area (Å²) in [6, 6.07) is 16.5. The molecule has 18 heteroatoms. The summed E-state index contributed by atoms with van der Waals surface area (Å²) in [5, 5.41) is 36.8. The molecule has 17 nitrogen and oxygen atoms in total. The Morgan fingerprint density at radius 1 is 0.926 bits per heavy atom. The number of carboxylic acid groups (broad SMARTS) is 1. The second-order valence-electron chi connectivity index (χ2n) is 13.1. The largest absolute Gasteiger partial charge is 0.477 e.